The fourth-order valence-corrected chi connectivity index (χ4v) is 13.4. The van der Waals surface area contributed by atoms with Gasteiger partial charge in [-0.2, -0.15) is 0 Å². The average Bonchev–Trinajstić information content (AvgIpc) is 3.03. The SMILES string of the molecule is CN1C(C)(C)CC(N(C2CC(C)(C)N(C)C(C)(C)C2)C(C(=O)O)(C(=O)O)C(C(=O)O)(C(=O)O)N(C2CC(C)(C)N(C)C(C)(C)C2)C2CC(C)(C)N(C)C(C)(C)C2)CC1(C)C. The van der Waals surface area contributed by atoms with Crippen LogP contribution < -0.4 is 0 Å². The summed E-state index contributed by atoms with van der Waals surface area (Å²) < 4.78 is 0. The maximum absolute atomic E-state index is 15.1. The van der Waals surface area contributed by atoms with E-state index in [9.17, 15) is 20.4 Å². The molecule has 4 aliphatic heterocycles. The number of aliphatic carboxylic acids is 4. The number of hydrogen-bond acceptors (Lipinski definition) is 10. The van der Waals surface area contributed by atoms with Crippen molar-refractivity contribution in [2.45, 2.75) is 242 Å². The summed E-state index contributed by atoms with van der Waals surface area (Å²) in [4.78, 5) is 72.1. The van der Waals surface area contributed by atoms with Gasteiger partial charge in [0, 0.05) is 68.5 Å². The molecule has 0 amide bonds. The van der Waals surface area contributed by atoms with Gasteiger partial charge in [-0.3, -0.25) is 29.4 Å². The Morgan fingerprint density at radius 2 is 0.467 bits per heavy atom. The summed E-state index contributed by atoms with van der Waals surface area (Å²) in [5, 5.41) is 48.8. The van der Waals surface area contributed by atoms with Crippen molar-refractivity contribution >= 4 is 23.9 Å². The summed E-state index contributed by atoms with van der Waals surface area (Å²) in [7, 11) is 7.99. The molecule has 0 spiro atoms. The monoisotopic (exact) mass is 849 g/mol. The highest BCUT2D eigenvalue weighted by Crippen LogP contribution is 2.54. The van der Waals surface area contributed by atoms with Gasteiger partial charge in [0.1, 0.15) is 0 Å². The van der Waals surface area contributed by atoms with Crippen LogP contribution in [0.15, 0.2) is 0 Å². The van der Waals surface area contributed by atoms with Crippen molar-refractivity contribution in [2.75, 3.05) is 28.2 Å². The van der Waals surface area contributed by atoms with Gasteiger partial charge in [-0.25, -0.2) is 19.2 Å². The predicted octanol–water partition coefficient (Wildman–Crippen LogP) is 6.01. The van der Waals surface area contributed by atoms with E-state index in [2.05, 4.69) is 19.6 Å². The van der Waals surface area contributed by atoms with Gasteiger partial charge in [0.15, 0.2) is 0 Å². The Labute approximate surface area is 362 Å². The van der Waals surface area contributed by atoms with Crippen molar-refractivity contribution in [1.82, 2.24) is 29.4 Å². The van der Waals surface area contributed by atoms with E-state index in [4.69, 9.17) is 0 Å². The topological polar surface area (TPSA) is 169 Å². The van der Waals surface area contributed by atoms with Crippen LogP contribution in [0.25, 0.3) is 0 Å². The van der Waals surface area contributed by atoms with Crippen molar-refractivity contribution in [2.24, 2.45) is 0 Å². The third kappa shape index (κ3) is 7.73. The summed E-state index contributed by atoms with van der Waals surface area (Å²) in [6.07, 6.45) is 2.22. The Hall–Kier alpha value is -2.36. The standard InChI is InChI=1S/C46H84N6O8/c1-37(2)21-29(22-38(3,4)47(37)17)51(30-23-39(5,6)48(18)40(7,8)24-30)45(33(53)54,34(55)56)46(35(57)58,36(59)60)52(31-25-41(9,10)49(19)42(11,12)26-31)32-27-43(13,14)50(20)44(15,16)28-32/h29-32H,21-28H2,1-20H3,(H,53,54)(H,55,56)(H,57,58)(H,59,60). The van der Waals surface area contributed by atoms with Crippen molar-refractivity contribution in [3.05, 3.63) is 0 Å². The highest BCUT2D eigenvalue weighted by molar-refractivity contribution is 6.20. The molecule has 4 saturated heterocycles. The molecular formula is C46H84N6O8. The second-order valence-corrected chi connectivity index (χ2v) is 24.4. The van der Waals surface area contributed by atoms with Crippen molar-refractivity contribution in [3.63, 3.8) is 0 Å². The third-order valence-corrected chi connectivity index (χ3v) is 17.3. The van der Waals surface area contributed by atoms with Gasteiger partial charge in [0.05, 0.1) is 0 Å². The number of nitrogens with zero attached hydrogens (tertiary/aromatic N) is 6. The van der Waals surface area contributed by atoms with E-state index in [-0.39, 0.29) is 51.4 Å². The minimum atomic E-state index is -3.51. The number of carboxylic acids is 4. The Bertz CT molecular complexity index is 1390. The highest BCUT2D eigenvalue weighted by Gasteiger charge is 2.81. The molecule has 4 aliphatic rings. The smallest absolute Gasteiger partial charge is 0.339 e. The van der Waals surface area contributed by atoms with E-state index < -0.39 is 103 Å². The number of rotatable bonds is 11. The first-order valence-electron chi connectivity index (χ1n) is 22.1. The van der Waals surface area contributed by atoms with Crippen LogP contribution in [0.2, 0.25) is 0 Å². The van der Waals surface area contributed by atoms with E-state index in [0.29, 0.717) is 0 Å². The molecule has 0 aromatic carbocycles. The number of likely N-dealkylation sites (tertiary alicyclic amines) is 4. The van der Waals surface area contributed by atoms with Gasteiger partial charge in [-0.05, 0) is 190 Å². The largest absolute Gasteiger partial charge is 0.479 e. The maximum Gasteiger partial charge on any atom is 0.339 e. The van der Waals surface area contributed by atoms with Gasteiger partial charge >= 0.3 is 23.9 Å². The molecule has 14 nitrogen and oxygen atoms in total. The molecule has 60 heavy (non-hydrogen) atoms. The molecular weight excluding hydrogens is 765 g/mol. The molecule has 0 atom stereocenters. The van der Waals surface area contributed by atoms with Crippen LogP contribution in [0.3, 0.4) is 0 Å². The molecule has 0 aromatic rings. The lowest BCUT2D eigenvalue weighted by Crippen LogP contribution is -2.89. The summed E-state index contributed by atoms with van der Waals surface area (Å²) in [6.45, 7) is 32.5. The molecule has 0 saturated carbocycles. The van der Waals surface area contributed by atoms with E-state index in [1.54, 1.807) is 0 Å². The van der Waals surface area contributed by atoms with Gasteiger partial charge in [0.2, 0.25) is 0 Å². The summed E-state index contributed by atoms with van der Waals surface area (Å²) in [5.74, 6) is -7.92. The molecule has 4 heterocycles. The van der Waals surface area contributed by atoms with Crippen molar-refractivity contribution in [1.29, 1.82) is 0 Å². The first-order valence-corrected chi connectivity index (χ1v) is 22.1. The molecule has 0 aliphatic carbocycles. The van der Waals surface area contributed by atoms with Gasteiger partial charge < -0.3 is 20.4 Å². The lowest BCUT2D eigenvalue weighted by Gasteiger charge is -2.66. The third-order valence-electron chi connectivity index (χ3n) is 17.3. The van der Waals surface area contributed by atoms with Crippen molar-refractivity contribution in [3.8, 4) is 0 Å². The molecule has 0 bridgehead atoms. The zero-order chi connectivity index (χ0) is 46.7. The Kier molecular flexibility index (Phi) is 12.7. The van der Waals surface area contributed by atoms with Crippen LogP contribution in [-0.2, 0) is 19.2 Å². The fraction of sp³-hybridized carbons (Fsp3) is 0.913. The minimum Gasteiger partial charge on any atom is -0.479 e. The van der Waals surface area contributed by atoms with Crippen LogP contribution in [0.5, 0.6) is 0 Å². The fourth-order valence-electron chi connectivity index (χ4n) is 13.4. The second-order valence-electron chi connectivity index (χ2n) is 24.4. The summed E-state index contributed by atoms with van der Waals surface area (Å²) in [6, 6.07) is -3.36. The number of carbonyl (C=O) groups is 4. The zero-order valence-corrected chi connectivity index (χ0v) is 41.1. The highest BCUT2D eigenvalue weighted by atomic mass is 16.4. The molecule has 0 radical (unpaired) electrons. The summed E-state index contributed by atoms with van der Waals surface area (Å²) in [5.41, 5.74) is -11.9. The zero-order valence-electron chi connectivity index (χ0n) is 41.1. The van der Waals surface area contributed by atoms with Crippen LogP contribution in [0.1, 0.15) is 162 Å². The van der Waals surface area contributed by atoms with Crippen LogP contribution in [0, 0.1) is 0 Å². The molecule has 4 rings (SSSR count). The molecule has 14 heteroatoms. The average molecular weight is 849 g/mol. The van der Waals surface area contributed by atoms with E-state index in [1.165, 1.54) is 9.80 Å². The Morgan fingerprint density at radius 3 is 0.567 bits per heavy atom. The minimum absolute atomic E-state index is 0.278. The number of piperidine rings is 4. The van der Waals surface area contributed by atoms with Crippen LogP contribution in [0.4, 0.5) is 0 Å². The second kappa shape index (κ2) is 15.1. The lowest BCUT2D eigenvalue weighted by molar-refractivity contribution is -0.229. The number of hydrogen-bond donors (Lipinski definition) is 4. The molecule has 4 N–H and O–H groups in total. The summed E-state index contributed by atoms with van der Waals surface area (Å²) >= 11 is 0. The molecule has 0 aromatic heterocycles. The molecule has 4 fully saturated rings. The maximum atomic E-state index is 15.1. The van der Waals surface area contributed by atoms with Crippen molar-refractivity contribution < 1.29 is 39.6 Å². The van der Waals surface area contributed by atoms with Crippen LogP contribution >= 0.6 is 0 Å². The number of carboxylic acid groups (broad SMARTS) is 4. The van der Waals surface area contributed by atoms with E-state index in [1.807, 2.05) is 139 Å². The van der Waals surface area contributed by atoms with Gasteiger partial charge in [0.25, 0.3) is 11.1 Å². The first-order chi connectivity index (χ1) is 26.6. The van der Waals surface area contributed by atoms with Gasteiger partial charge in [-0.1, -0.05) is 0 Å². The lowest BCUT2D eigenvalue weighted by atomic mass is 9.64. The predicted molar refractivity (Wildman–Crippen MR) is 235 cm³/mol. The quantitative estimate of drug-likeness (QED) is 0.178. The Balaban J connectivity index is 2.31. The molecule has 346 valence electrons. The molecule has 0 unspecified atom stereocenters. The first kappa shape index (κ1) is 50.3. The van der Waals surface area contributed by atoms with E-state index >= 15 is 19.2 Å². The van der Waals surface area contributed by atoms with Crippen LogP contribution in [-0.4, -0.2) is 181 Å². The van der Waals surface area contributed by atoms with E-state index in [0.717, 1.165) is 0 Å². The van der Waals surface area contributed by atoms with Gasteiger partial charge in [-0.15, -0.1) is 0 Å². The normalized spacial score (nSPS) is 28.2. The Morgan fingerprint density at radius 1 is 0.350 bits per heavy atom.